The molecule has 2 aromatic carbocycles. The van der Waals surface area contributed by atoms with Crippen LogP contribution in [0, 0.1) is 11.3 Å². The molecule has 2 heterocycles. The number of nitrogens with zero attached hydrogens (tertiary/aromatic N) is 5. The highest BCUT2D eigenvalue weighted by atomic mass is 32.2. The van der Waals surface area contributed by atoms with Crippen molar-refractivity contribution in [3.05, 3.63) is 84.4 Å². The molecule has 0 saturated heterocycles. The second-order valence-electron chi connectivity index (χ2n) is 6.58. The van der Waals surface area contributed by atoms with Gasteiger partial charge in [0.05, 0.1) is 28.4 Å². The van der Waals surface area contributed by atoms with Gasteiger partial charge in [-0.25, -0.2) is 28.2 Å². The van der Waals surface area contributed by atoms with Crippen LogP contribution in [0.4, 0.5) is 5.95 Å². The van der Waals surface area contributed by atoms with Crippen molar-refractivity contribution in [3.8, 4) is 22.9 Å². The topological polar surface area (TPSA) is 157 Å². The molecule has 0 aliphatic carbocycles. The lowest BCUT2D eigenvalue weighted by molar-refractivity contribution is 0.101. The van der Waals surface area contributed by atoms with Gasteiger partial charge >= 0.3 is 0 Å². The minimum atomic E-state index is -3.93. The maximum Gasteiger partial charge on any atom is 0.276 e. The van der Waals surface area contributed by atoms with Gasteiger partial charge in [0, 0.05) is 23.5 Å². The van der Waals surface area contributed by atoms with E-state index >= 15 is 0 Å². The molecule has 0 radical (unpaired) electrons. The Hall–Kier alpha value is -4.40. The molecule has 0 fully saturated rings. The van der Waals surface area contributed by atoms with Gasteiger partial charge in [-0.1, -0.05) is 24.3 Å². The molecule has 3 N–H and O–H groups in total. The lowest BCUT2D eigenvalue weighted by Crippen LogP contribution is -2.18. The van der Waals surface area contributed by atoms with Crippen LogP contribution in [-0.2, 0) is 10.0 Å². The van der Waals surface area contributed by atoms with Crippen LogP contribution in [0.3, 0.4) is 0 Å². The zero-order valence-electron chi connectivity index (χ0n) is 16.4. The van der Waals surface area contributed by atoms with Crippen LogP contribution in [0.2, 0.25) is 0 Å². The number of amides is 1. The van der Waals surface area contributed by atoms with Gasteiger partial charge in [-0.3, -0.25) is 10.1 Å². The lowest BCUT2D eigenvalue weighted by Gasteiger charge is -2.09. The summed E-state index contributed by atoms with van der Waals surface area (Å²) in [5, 5.41) is 21.1. The van der Waals surface area contributed by atoms with Crippen molar-refractivity contribution in [1.82, 2.24) is 19.7 Å². The maximum atomic E-state index is 12.8. The van der Waals surface area contributed by atoms with E-state index in [4.69, 9.17) is 10.4 Å². The number of hydrogen-bond donors (Lipinski definition) is 2. The minimum absolute atomic E-state index is 0.0189. The SMILES string of the molecule is N#Cc1cccc(-n2nccc2C(=O)Nc2ncc(-c3ccccc3S(N)(=O)=O)cn2)c1. The van der Waals surface area contributed by atoms with Crippen molar-refractivity contribution in [2.75, 3.05) is 5.32 Å². The maximum absolute atomic E-state index is 12.8. The number of sulfonamides is 1. The predicted molar refractivity (Wildman–Crippen MR) is 115 cm³/mol. The van der Waals surface area contributed by atoms with Crippen molar-refractivity contribution < 1.29 is 13.2 Å². The monoisotopic (exact) mass is 445 g/mol. The van der Waals surface area contributed by atoms with Gasteiger partial charge in [0.15, 0.2) is 0 Å². The Balaban J connectivity index is 1.58. The molecule has 32 heavy (non-hydrogen) atoms. The van der Waals surface area contributed by atoms with E-state index in [1.165, 1.54) is 35.4 Å². The number of hydrogen-bond acceptors (Lipinski definition) is 7. The third kappa shape index (κ3) is 4.22. The molecule has 0 spiro atoms. The van der Waals surface area contributed by atoms with E-state index in [0.717, 1.165) is 0 Å². The number of carbonyl (C=O) groups is 1. The molecule has 1 amide bonds. The number of benzene rings is 2. The number of anilines is 1. The van der Waals surface area contributed by atoms with Gasteiger partial charge in [0.2, 0.25) is 16.0 Å². The highest BCUT2D eigenvalue weighted by Gasteiger charge is 2.17. The first-order valence-corrected chi connectivity index (χ1v) is 10.7. The number of rotatable bonds is 5. The largest absolute Gasteiger partial charge is 0.289 e. The van der Waals surface area contributed by atoms with E-state index in [9.17, 15) is 13.2 Å². The first-order chi connectivity index (χ1) is 15.4. The van der Waals surface area contributed by atoms with Crippen LogP contribution in [-0.4, -0.2) is 34.1 Å². The van der Waals surface area contributed by atoms with Gasteiger partial charge in [-0.2, -0.15) is 10.4 Å². The summed E-state index contributed by atoms with van der Waals surface area (Å²) < 4.78 is 25.0. The molecule has 0 aliphatic rings. The Morgan fingerprint density at radius 3 is 2.53 bits per heavy atom. The second-order valence-corrected chi connectivity index (χ2v) is 8.11. The van der Waals surface area contributed by atoms with E-state index in [1.807, 2.05) is 6.07 Å². The summed E-state index contributed by atoms with van der Waals surface area (Å²) in [6.45, 7) is 0. The summed E-state index contributed by atoms with van der Waals surface area (Å²) in [5.41, 5.74) is 1.97. The molecule has 0 saturated carbocycles. The predicted octanol–water partition coefficient (Wildman–Crippen LogP) is 2.10. The molecule has 0 aliphatic heterocycles. The number of primary sulfonamides is 1. The average molecular weight is 445 g/mol. The standard InChI is InChI=1S/C21H15N7O3S/c22-11-14-4-3-5-16(10-14)28-18(8-9-26-28)20(29)27-21-24-12-15(13-25-21)17-6-1-2-7-19(17)32(23,30)31/h1-10,12-13H,(H2,23,30,31)(H,24,25,27,29). The third-order valence-corrected chi connectivity index (χ3v) is 5.45. The highest BCUT2D eigenvalue weighted by Crippen LogP contribution is 2.25. The van der Waals surface area contributed by atoms with Crippen molar-refractivity contribution in [2.24, 2.45) is 5.14 Å². The van der Waals surface area contributed by atoms with E-state index < -0.39 is 15.9 Å². The van der Waals surface area contributed by atoms with Crippen molar-refractivity contribution in [2.45, 2.75) is 4.90 Å². The van der Waals surface area contributed by atoms with Crippen LogP contribution in [0.15, 0.2) is 78.1 Å². The number of nitrogens with two attached hydrogens (primary N) is 1. The molecule has 11 heteroatoms. The fourth-order valence-electron chi connectivity index (χ4n) is 3.04. The molecule has 2 aromatic heterocycles. The summed E-state index contributed by atoms with van der Waals surface area (Å²) in [6.07, 6.45) is 4.24. The minimum Gasteiger partial charge on any atom is -0.289 e. The summed E-state index contributed by atoms with van der Waals surface area (Å²) in [6, 6.07) is 16.4. The Labute approximate surface area is 183 Å². The number of aromatic nitrogens is 4. The first-order valence-electron chi connectivity index (χ1n) is 9.17. The van der Waals surface area contributed by atoms with E-state index in [-0.39, 0.29) is 16.5 Å². The highest BCUT2D eigenvalue weighted by molar-refractivity contribution is 7.89. The van der Waals surface area contributed by atoms with Gasteiger partial charge in [0.25, 0.3) is 5.91 Å². The Morgan fingerprint density at radius 1 is 1.06 bits per heavy atom. The van der Waals surface area contributed by atoms with Gasteiger partial charge in [0.1, 0.15) is 5.69 Å². The van der Waals surface area contributed by atoms with E-state index in [0.29, 0.717) is 22.4 Å². The Morgan fingerprint density at radius 2 is 1.81 bits per heavy atom. The van der Waals surface area contributed by atoms with Gasteiger partial charge in [-0.05, 0) is 30.3 Å². The summed E-state index contributed by atoms with van der Waals surface area (Å²) in [4.78, 5) is 20.9. The molecule has 0 atom stereocenters. The van der Waals surface area contributed by atoms with Gasteiger partial charge in [-0.15, -0.1) is 0 Å². The van der Waals surface area contributed by atoms with Crippen LogP contribution in [0.5, 0.6) is 0 Å². The third-order valence-electron chi connectivity index (χ3n) is 4.48. The van der Waals surface area contributed by atoms with Crippen molar-refractivity contribution in [3.63, 3.8) is 0 Å². The molecular weight excluding hydrogens is 430 g/mol. The number of nitriles is 1. The smallest absolute Gasteiger partial charge is 0.276 e. The summed E-state index contributed by atoms with van der Waals surface area (Å²) in [7, 11) is -3.93. The fourth-order valence-corrected chi connectivity index (χ4v) is 3.80. The molecule has 10 nitrogen and oxygen atoms in total. The zero-order valence-corrected chi connectivity index (χ0v) is 17.2. The lowest BCUT2D eigenvalue weighted by atomic mass is 10.1. The number of nitrogens with one attached hydrogen (secondary N) is 1. The fraction of sp³-hybridized carbons (Fsp3) is 0. The van der Waals surface area contributed by atoms with Crippen LogP contribution in [0.25, 0.3) is 16.8 Å². The van der Waals surface area contributed by atoms with Crippen molar-refractivity contribution in [1.29, 1.82) is 5.26 Å². The zero-order chi connectivity index (χ0) is 22.7. The van der Waals surface area contributed by atoms with Gasteiger partial charge < -0.3 is 0 Å². The quantitative estimate of drug-likeness (QED) is 0.476. The van der Waals surface area contributed by atoms with Crippen molar-refractivity contribution >= 4 is 21.9 Å². The summed E-state index contributed by atoms with van der Waals surface area (Å²) >= 11 is 0. The van der Waals surface area contributed by atoms with Crippen LogP contribution >= 0.6 is 0 Å². The Kier molecular flexibility index (Phi) is 5.46. The molecule has 158 valence electrons. The first kappa shape index (κ1) is 20.9. The van der Waals surface area contributed by atoms with Crippen LogP contribution in [0.1, 0.15) is 16.1 Å². The number of carbonyl (C=O) groups excluding carboxylic acids is 1. The van der Waals surface area contributed by atoms with E-state index in [2.05, 4.69) is 20.4 Å². The molecule has 0 unspecified atom stereocenters. The average Bonchev–Trinajstić information content (AvgIpc) is 3.29. The molecule has 0 bridgehead atoms. The molecule has 4 aromatic rings. The molecular formula is C21H15N7O3S. The summed E-state index contributed by atoms with van der Waals surface area (Å²) in [5.74, 6) is -0.493. The van der Waals surface area contributed by atoms with Crippen LogP contribution < -0.4 is 10.5 Å². The Bertz CT molecular complexity index is 1460. The van der Waals surface area contributed by atoms with E-state index in [1.54, 1.807) is 42.5 Å². The second kappa shape index (κ2) is 8.38. The normalized spacial score (nSPS) is 11.0. The molecule has 4 rings (SSSR count).